The largest absolute Gasteiger partial charge is 0.489 e. The van der Waals surface area contributed by atoms with E-state index in [0.29, 0.717) is 13.1 Å². The van der Waals surface area contributed by atoms with E-state index >= 15 is 0 Å². The summed E-state index contributed by atoms with van der Waals surface area (Å²) in [6.07, 6.45) is 1.61. The van der Waals surface area contributed by atoms with E-state index in [4.69, 9.17) is 16.3 Å². The number of para-hydroxylation sites is 1. The molecule has 0 aliphatic carbocycles. The topological polar surface area (TPSA) is 75.7 Å². The van der Waals surface area contributed by atoms with Gasteiger partial charge in [0.05, 0.1) is 11.6 Å². The van der Waals surface area contributed by atoms with Crippen LogP contribution < -0.4 is 10.1 Å². The fraction of sp³-hybridized carbons (Fsp3) is 0.316. The second-order valence-electron chi connectivity index (χ2n) is 6.29. The second-order valence-corrected chi connectivity index (χ2v) is 8.60. The number of hydrogen-bond donors (Lipinski definition) is 1. The van der Waals surface area contributed by atoms with Crippen LogP contribution in [-0.4, -0.2) is 44.9 Å². The van der Waals surface area contributed by atoms with Crippen LogP contribution in [-0.2, 0) is 10.0 Å². The van der Waals surface area contributed by atoms with Crippen molar-refractivity contribution in [3.05, 3.63) is 58.9 Å². The van der Waals surface area contributed by atoms with Gasteiger partial charge in [0.25, 0.3) is 5.91 Å². The molecule has 1 amide bonds. The lowest BCUT2D eigenvalue weighted by molar-refractivity contribution is 0.0946. The molecule has 0 atom stereocenters. The first-order chi connectivity index (χ1) is 13.4. The Hall–Kier alpha value is -2.16. The van der Waals surface area contributed by atoms with E-state index in [0.717, 1.165) is 12.8 Å². The second kappa shape index (κ2) is 8.89. The zero-order chi connectivity index (χ0) is 20.1. The summed E-state index contributed by atoms with van der Waals surface area (Å²) in [5.74, 6) is -0.850. The summed E-state index contributed by atoms with van der Waals surface area (Å²) in [7, 11) is -3.74. The molecule has 1 fully saturated rings. The van der Waals surface area contributed by atoms with Crippen LogP contribution in [0.4, 0.5) is 4.39 Å². The highest BCUT2D eigenvalue weighted by Gasteiger charge is 2.29. The predicted octanol–water partition coefficient (Wildman–Crippen LogP) is 3.07. The van der Waals surface area contributed by atoms with Crippen molar-refractivity contribution in [3.63, 3.8) is 0 Å². The Morgan fingerprint density at radius 2 is 1.89 bits per heavy atom. The molecule has 1 N–H and O–H groups in total. The molecule has 1 saturated heterocycles. The van der Waals surface area contributed by atoms with E-state index in [2.05, 4.69) is 5.32 Å². The standard InChI is InChI=1S/C19H20ClFN2O4S/c20-15-8-7-14(13-18(15)28(25,26)23-10-3-4-11-23)19(24)22-9-12-27-17-6-2-1-5-16(17)21/h1-2,5-8,13H,3-4,9-12H2,(H,22,24). The van der Waals surface area contributed by atoms with Gasteiger partial charge in [0.15, 0.2) is 11.6 Å². The van der Waals surface area contributed by atoms with E-state index in [1.54, 1.807) is 12.1 Å². The van der Waals surface area contributed by atoms with Gasteiger partial charge in [0, 0.05) is 18.7 Å². The lowest BCUT2D eigenvalue weighted by Gasteiger charge is -2.17. The summed E-state index contributed by atoms with van der Waals surface area (Å²) in [4.78, 5) is 12.3. The SMILES string of the molecule is O=C(NCCOc1ccccc1F)c1ccc(Cl)c(S(=O)(=O)N2CCCC2)c1. The van der Waals surface area contributed by atoms with Crippen LogP contribution in [0.25, 0.3) is 0 Å². The number of carbonyl (C=O) groups is 1. The maximum Gasteiger partial charge on any atom is 0.251 e. The molecule has 1 heterocycles. The molecule has 6 nitrogen and oxygen atoms in total. The fourth-order valence-corrected chi connectivity index (χ4v) is 4.92. The highest BCUT2D eigenvalue weighted by atomic mass is 35.5. The summed E-state index contributed by atoms with van der Waals surface area (Å²) >= 11 is 6.08. The Kier molecular flexibility index (Phi) is 6.53. The van der Waals surface area contributed by atoms with Gasteiger partial charge in [-0.3, -0.25) is 4.79 Å². The van der Waals surface area contributed by atoms with Crippen LogP contribution in [0.1, 0.15) is 23.2 Å². The molecule has 28 heavy (non-hydrogen) atoms. The molecule has 0 aromatic heterocycles. The summed E-state index contributed by atoms with van der Waals surface area (Å²) in [6, 6.07) is 10.1. The van der Waals surface area contributed by atoms with E-state index in [1.807, 2.05) is 0 Å². The number of nitrogens with zero attached hydrogens (tertiary/aromatic N) is 1. The van der Waals surface area contributed by atoms with Gasteiger partial charge in [-0.15, -0.1) is 0 Å². The van der Waals surface area contributed by atoms with Gasteiger partial charge in [0.2, 0.25) is 10.0 Å². The molecule has 1 aliphatic heterocycles. The zero-order valence-corrected chi connectivity index (χ0v) is 16.6. The highest BCUT2D eigenvalue weighted by molar-refractivity contribution is 7.89. The lowest BCUT2D eigenvalue weighted by Crippen LogP contribution is -2.30. The third kappa shape index (κ3) is 4.63. The monoisotopic (exact) mass is 426 g/mol. The summed E-state index contributed by atoms with van der Waals surface area (Å²) < 4.78 is 45.6. The first-order valence-electron chi connectivity index (χ1n) is 8.85. The van der Waals surface area contributed by atoms with Gasteiger partial charge in [-0.25, -0.2) is 12.8 Å². The van der Waals surface area contributed by atoms with Crippen LogP contribution >= 0.6 is 11.6 Å². The maximum absolute atomic E-state index is 13.5. The molecule has 2 aromatic carbocycles. The van der Waals surface area contributed by atoms with Crippen molar-refractivity contribution in [2.75, 3.05) is 26.2 Å². The van der Waals surface area contributed by atoms with Crippen LogP contribution in [0.3, 0.4) is 0 Å². The Balaban J connectivity index is 1.63. The molecule has 150 valence electrons. The van der Waals surface area contributed by atoms with Gasteiger partial charge in [-0.1, -0.05) is 23.7 Å². The van der Waals surface area contributed by atoms with Crippen molar-refractivity contribution >= 4 is 27.5 Å². The summed E-state index contributed by atoms with van der Waals surface area (Å²) in [5, 5.41) is 2.69. The Labute approximate surface area is 168 Å². The average molecular weight is 427 g/mol. The number of amides is 1. The van der Waals surface area contributed by atoms with E-state index < -0.39 is 21.7 Å². The molecule has 0 spiro atoms. The normalized spacial score (nSPS) is 14.8. The zero-order valence-electron chi connectivity index (χ0n) is 15.0. The van der Waals surface area contributed by atoms with Gasteiger partial charge in [0.1, 0.15) is 11.5 Å². The maximum atomic E-state index is 13.5. The molecule has 2 aromatic rings. The predicted molar refractivity (Wildman–Crippen MR) is 104 cm³/mol. The molecule has 3 rings (SSSR count). The van der Waals surface area contributed by atoms with E-state index in [1.165, 1.54) is 34.6 Å². The third-order valence-electron chi connectivity index (χ3n) is 4.36. The number of sulfonamides is 1. The first kappa shape index (κ1) is 20.6. The van der Waals surface area contributed by atoms with Gasteiger partial charge < -0.3 is 10.1 Å². The minimum absolute atomic E-state index is 0.0686. The Morgan fingerprint density at radius 3 is 2.61 bits per heavy atom. The molecule has 0 radical (unpaired) electrons. The molecule has 9 heteroatoms. The van der Waals surface area contributed by atoms with Crippen molar-refractivity contribution in [1.29, 1.82) is 0 Å². The Bertz CT molecular complexity index is 962. The molecular weight excluding hydrogens is 407 g/mol. The molecule has 0 unspecified atom stereocenters. The quantitative estimate of drug-likeness (QED) is 0.690. The molecular formula is C19H20ClFN2O4S. The van der Waals surface area contributed by atoms with Gasteiger partial charge >= 0.3 is 0 Å². The van der Waals surface area contributed by atoms with Crippen molar-refractivity contribution in [3.8, 4) is 5.75 Å². The number of rotatable bonds is 7. The van der Waals surface area contributed by atoms with Crippen LogP contribution in [0.2, 0.25) is 5.02 Å². The average Bonchev–Trinajstić information content (AvgIpc) is 3.22. The lowest BCUT2D eigenvalue weighted by atomic mass is 10.2. The number of benzene rings is 2. The van der Waals surface area contributed by atoms with Crippen molar-refractivity contribution in [2.24, 2.45) is 0 Å². The molecule has 1 aliphatic rings. The van der Waals surface area contributed by atoms with Crippen LogP contribution in [0, 0.1) is 5.82 Å². The summed E-state index contributed by atoms with van der Waals surface area (Å²) in [6.45, 7) is 1.09. The molecule has 0 saturated carbocycles. The van der Waals surface area contributed by atoms with Crippen molar-refractivity contribution in [1.82, 2.24) is 9.62 Å². The first-order valence-corrected chi connectivity index (χ1v) is 10.7. The van der Waals surface area contributed by atoms with Crippen LogP contribution in [0.5, 0.6) is 5.75 Å². The van der Waals surface area contributed by atoms with Gasteiger partial charge in [-0.05, 0) is 43.2 Å². The number of carbonyl (C=O) groups excluding carboxylic acids is 1. The smallest absolute Gasteiger partial charge is 0.251 e. The van der Waals surface area contributed by atoms with E-state index in [-0.39, 0.29) is 34.4 Å². The number of halogens is 2. The summed E-state index contributed by atoms with van der Waals surface area (Å²) in [5.41, 5.74) is 0.174. The van der Waals surface area contributed by atoms with Crippen molar-refractivity contribution < 1.29 is 22.3 Å². The van der Waals surface area contributed by atoms with Gasteiger partial charge in [-0.2, -0.15) is 4.31 Å². The minimum Gasteiger partial charge on any atom is -0.489 e. The number of nitrogens with one attached hydrogen (secondary N) is 1. The fourth-order valence-electron chi connectivity index (χ4n) is 2.90. The number of ether oxygens (including phenoxy) is 1. The Morgan fingerprint density at radius 1 is 1.18 bits per heavy atom. The minimum atomic E-state index is -3.74. The van der Waals surface area contributed by atoms with E-state index in [9.17, 15) is 17.6 Å². The molecule has 0 bridgehead atoms. The van der Waals surface area contributed by atoms with Crippen LogP contribution in [0.15, 0.2) is 47.4 Å². The third-order valence-corrected chi connectivity index (χ3v) is 6.74. The highest BCUT2D eigenvalue weighted by Crippen LogP contribution is 2.28. The van der Waals surface area contributed by atoms with Crippen molar-refractivity contribution in [2.45, 2.75) is 17.7 Å². The number of hydrogen-bond acceptors (Lipinski definition) is 4.